The Kier molecular flexibility index (Phi) is 4.27. The van der Waals surface area contributed by atoms with Gasteiger partial charge < -0.3 is 9.59 Å². The van der Waals surface area contributed by atoms with E-state index >= 15 is 0 Å². The minimum Gasteiger partial charge on any atom is -0.446 e. The van der Waals surface area contributed by atoms with Gasteiger partial charge in [0.1, 0.15) is 0 Å². The first kappa shape index (κ1) is 17.0. The molecule has 0 saturated heterocycles. The van der Waals surface area contributed by atoms with Crippen LogP contribution in [0, 0.1) is 0 Å². The number of aryl methyl sites for hydroxylation is 1. The Labute approximate surface area is 167 Å². The molecule has 1 N–H and O–H groups in total. The first-order valence-corrected chi connectivity index (χ1v) is 10.2. The fraction of sp³-hybridized carbons (Fsp3) is 0.0909. The van der Waals surface area contributed by atoms with Crippen LogP contribution in [0.5, 0.6) is 0 Å². The highest BCUT2D eigenvalue weighted by atomic mass is 35.5. The summed E-state index contributed by atoms with van der Waals surface area (Å²) in [5, 5.41) is 12.1. The van der Waals surface area contributed by atoms with Crippen molar-refractivity contribution in [2.75, 3.05) is 0 Å². The lowest BCUT2D eigenvalue weighted by Crippen LogP contribution is -2.26. The second-order valence-electron chi connectivity index (χ2n) is 6.88. The summed E-state index contributed by atoms with van der Waals surface area (Å²) in [7, 11) is 0. The maximum absolute atomic E-state index is 10.3. The van der Waals surface area contributed by atoms with Gasteiger partial charge in [0.2, 0.25) is 0 Å². The Hall–Kier alpha value is -2.14. The van der Waals surface area contributed by atoms with Crippen molar-refractivity contribution in [2.24, 2.45) is 0 Å². The Morgan fingerprint density at radius 2 is 1.85 bits per heavy atom. The molecular weight excluding hydrogens is 373 g/mol. The van der Waals surface area contributed by atoms with Gasteiger partial charge in [0.15, 0.2) is 0 Å². The van der Waals surface area contributed by atoms with E-state index in [1.54, 1.807) is 11.8 Å². The zero-order chi connectivity index (χ0) is 18.4. The van der Waals surface area contributed by atoms with Crippen molar-refractivity contribution in [1.82, 2.24) is 4.57 Å². The Morgan fingerprint density at radius 3 is 2.70 bits per heavy atom. The van der Waals surface area contributed by atoms with Crippen molar-refractivity contribution in [2.45, 2.75) is 22.5 Å². The molecular formula is C22H17BClNOS. The van der Waals surface area contributed by atoms with Crippen LogP contribution in [-0.4, -0.2) is 16.5 Å². The third-order valence-corrected chi connectivity index (χ3v) is 6.44. The smallest absolute Gasteiger partial charge is 0.324 e. The third-order valence-electron chi connectivity index (χ3n) is 5.15. The first-order chi connectivity index (χ1) is 13.2. The van der Waals surface area contributed by atoms with Gasteiger partial charge in [0.25, 0.3) is 0 Å². The van der Waals surface area contributed by atoms with Crippen molar-refractivity contribution in [1.29, 1.82) is 0 Å². The van der Waals surface area contributed by atoms with Crippen molar-refractivity contribution in [3.8, 4) is 5.69 Å². The van der Waals surface area contributed by atoms with Crippen molar-refractivity contribution < 1.29 is 5.02 Å². The van der Waals surface area contributed by atoms with Crippen LogP contribution in [0.2, 0.25) is 11.3 Å². The molecule has 0 fully saturated rings. The highest BCUT2D eigenvalue weighted by Gasteiger charge is 2.25. The molecule has 0 saturated carbocycles. The summed E-state index contributed by atoms with van der Waals surface area (Å²) in [5.74, 6) is 0. The minimum absolute atomic E-state index is 0.352. The summed E-state index contributed by atoms with van der Waals surface area (Å²) < 4.78 is 2.20. The topological polar surface area (TPSA) is 25.2 Å². The molecule has 5 heteroatoms. The van der Waals surface area contributed by atoms with Crippen LogP contribution >= 0.6 is 23.4 Å². The quantitative estimate of drug-likeness (QED) is 0.488. The van der Waals surface area contributed by atoms with E-state index < -0.39 is 0 Å². The number of aromatic nitrogens is 1. The Bertz CT molecular complexity index is 1140. The number of rotatable bonds is 3. The Morgan fingerprint density at radius 1 is 1.00 bits per heavy atom. The van der Waals surface area contributed by atoms with Crippen LogP contribution in [0.4, 0.5) is 0 Å². The molecule has 0 amide bonds. The van der Waals surface area contributed by atoms with Crippen LogP contribution in [0.3, 0.4) is 0 Å². The second-order valence-corrected chi connectivity index (χ2v) is 8.43. The number of fused-ring (bicyclic) bond motifs is 2. The SMILES string of the molecule is OB1CCc2ccc(-n3cc(Sc4ccccc4)c4cc(Cl)ccc43)cc21. The van der Waals surface area contributed by atoms with E-state index in [-0.39, 0.29) is 6.92 Å². The molecule has 0 aliphatic carbocycles. The lowest BCUT2D eigenvalue weighted by Gasteiger charge is -2.09. The number of hydrogen-bond donors (Lipinski definition) is 1. The van der Waals surface area contributed by atoms with Crippen molar-refractivity contribution in [3.63, 3.8) is 0 Å². The van der Waals surface area contributed by atoms with Crippen LogP contribution < -0.4 is 5.46 Å². The molecule has 0 bridgehead atoms. The monoisotopic (exact) mass is 389 g/mol. The number of nitrogens with zero attached hydrogens (tertiary/aromatic N) is 1. The summed E-state index contributed by atoms with van der Waals surface area (Å²) in [6.07, 6.45) is 3.94. The van der Waals surface area contributed by atoms with Crippen LogP contribution in [0.15, 0.2) is 82.7 Å². The van der Waals surface area contributed by atoms with E-state index in [9.17, 15) is 5.02 Å². The van der Waals surface area contributed by atoms with Gasteiger partial charge in [-0.3, -0.25) is 0 Å². The van der Waals surface area contributed by atoms with Gasteiger partial charge in [0.05, 0.1) is 5.52 Å². The normalized spacial score (nSPS) is 13.3. The zero-order valence-electron chi connectivity index (χ0n) is 14.6. The van der Waals surface area contributed by atoms with E-state index in [0.29, 0.717) is 0 Å². The van der Waals surface area contributed by atoms with Gasteiger partial charge in [-0.15, -0.1) is 0 Å². The lowest BCUT2D eigenvalue weighted by atomic mass is 9.63. The molecule has 1 aliphatic heterocycles. The Balaban J connectivity index is 1.66. The van der Waals surface area contributed by atoms with E-state index in [1.165, 1.54) is 15.4 Å². The molecule has 0 atom stereocenters. The average molecular weight is 390 g/mol. The van der Waals surface area contributed by atoms with E-state index in [2.05, 4.69) is 59.3 Å². The van der Waals surface area contributed by atoms with Crippen LogP contribution in [-0.2, 0) is 6.42 Å². The van der Waals surface area contributed by atoms with E-state index in [4.69, 9.17) is 11.6 Å². The van der Waals surface area contributed by atoms with Gasteiger partial charge in [-0.25, -0.2) is 0 Å². The second kappa shape index (κ2) is 6.79. The van der Waals surface area contributed by atoms with E-state index in [1.807, 2.05) is 18.2 Å². The molecule has 2 heterocycles. The molecule has 2 nitrogen and oxygen atoms in total. The summed E-state index contributed by atoms with van der Waals surface area (Å²) in [6, 6.07) is 22.8. The fourth-order valence-corrected chi connectivity index (χ4v) is 4.95. The van der Waals surface area contributed by atoms with Gasteiger partial charge in [-0.2, -0.15) is 0 Å². The molecule has 1 aromatic heterocycles. The molecule has 0 radical (unpaired) electrons. The van der Waals surface area contributed by atoms with Gasteiger partial charge in [-0.05, 0) is 60.7 Å². The van der Waals surface area contributed by atoms with Crippen LogP contribution in [0.25, 0.3) is 16.6 Å². The maximum atomic E-state index is 10.3. The van der Waals surface area contributed by atoms with Crippen LogP contribution in [0.1, 0.15) is 5.56 Å². The molecule has 132 valence electrons. The molecule has 3 aromatic carbocycles. The van der Waals surface area contributed by atoms with Gasteiger partial charge in [0, 0.05) is 32.1 Å². The average Bonchev–Trinajstić information content (AvgIpc) is 3.23. The highest BCUT2D eigenvalue weighted by molar-refractivity contribution is 7.99. The number of benzene rings is 3. The summed E-state index contributed by atoms with van der Waals surface area (Å²) in [6.45, 7) is -0.352. The molecule has 4 aromatic rings. The van der Waals surface area contributed by atoms with Crippen molar-refractivity contribution >= 4 is 46.6 Å². The summed E-state index contributed by atoms with van der Waals surface area (Å²) >= 11 is 8.03. The zero-order valence-corrected chi connectivity index (χ0v) is 16.2. The predicted molar refractivity (Wildman–Crippen MR) is 115 cm³/mol. The largest absolute Gasteiger partial charge is 0.446 e. The maximum Gasteiger partial charge on any atom is 0.324 e. The number of hydrogen-bond acceptors (Lipinski definition) is 2. The minimum atomic E-state index is -0.352. The number of halogens is 1. The third kappa shape index (κ3) is 3.08. The standard InChI is InChI=1S/C22H17BClNOS/c24-16-7-9-21-19(12-16)22(27-18-4-2-1-3-5-18)14-25(21)17-8-6-15-10-11-23(26)20(15)13-17/h1-9,12-14,26H,10-11H2. The fourth-order valence-electron chi connectivity index (χ4n) is 3.80. The molecule has 27 heavy (non-hydrogen) atoms. The van der Waals surface area contributed by atoms with Gasteiger partial charge in [-0.1, -0.05) is 53.2 Å². The molecule has 0 spiro atoms. The van der Waals surface area contributed by atoms with E-state index in [0.717, 1.165) is 39.8 Å². The summed E-state index contributed by atoms with van der Waals surface area (Å²) in [4.78, 5) is 2.36. The molecule has 5 rings (SSSR count). The van der Waals surface area contributed by atoms with Gasteiger partial charge >= 0.3 is 6.92 Å². The summed E-state index contributed by atoms with van der Waals surface area (Å²) in [5.41, 5.74) is 4.50. The first-order valence-electron chi connectivity index (χ1n) is 9.04. The molecule has 0 unspecified atom stereocenters. The molecule has 1 aliphatic rings. The highest BCUT2D eigenvalue weighted by Crippen LogP contribution is 2.37. The predicted octanol–water partition coefficient (Wildman–Crippen LogP) is 5.18. The lowest BCUT2D eigenvalue weighted by molar-refractivity contribution is 0.587. The van der Waals surface area contributed by atoms with Crippen molar-refractivity contribution in [3.05, 3.63) is 83.5 Å².